The lowest BCUT2D eigenvalue weighted by Crippen LogP contribution is -2.35. The van der Waals surface area contributed by atoms with Crippen LogP contribution in [0.1, 0.15) is 22.8 Å². The molecular formula is C15H19NO4. The monoisotopic (exact) mass is 277 g/mol. The van der Waals surface area contributed by atoms with Gasteiger partial charge in [-0.2, -0.15) is 0 Å². The molecule has 1 N–H and O–H groups in total. The number of ether oxygens (including phenoxy) is 2. The molecule has 1 amide bonds. The van der Waals surface area contributed by atoms with Crippen molar-refractivity contribution in [2.24, 2.45) is 0 Å². The molecule has 20 heavy (non-hydrogen) atoms. The Morgan fingerprint density at radius 3 is 2.75 bits per heavy atom. The highest BCUT2D eigenvalue weighted by molar-refractivity contribution is 5.92. The highest BCUT2D eigenvalue weighted by atomic mass is 16.5. The fraction of sp³-hybridized carbons (Fsp3) is 0.333. The molecule has 0 spiro atoms. The molecule has 1 rings (SSSR count). The normalized spacial score (nSPS) is 11.3. The van der Waals surface area contributed by atoms with E-state index in [1.807, 2.05) is 6.92 Å². The molecule has 5 heteroatoms. The molecule has 0 bridgehead atoms. The molecule has 0 fully saturated rings. The van der Waals surface area contributed by atoms with Gasteiger partial charge in [0.15, 0.2) is 6.10 Å². The molecule has 1 aromatic rings. The Morgan fingerprint density at radius 1 is 1.45 bits per heavy atom. The van der Waals surface area contributed by atoms with Crippen LogP contribution in [0, 0.1) is 6.92 Å². The van der Waals surface area contributed by atoms with Gasteiger partial charge in [0.2, 0.25) is 0 Å². The van der Waals surface area contributed by atoms with E-state index in [4.69, 9.17) is 9.47 Å². The van der Waals surface area contributed by atoms with E-state index >= 15 is 0 Å². The van der Waals surface area contributed by atoms with Crippen LogP contribution in [0.15, 0.2) is 30.9 Å². The summed E-state index contributed by atoms with van der Waals surface area (Å²) in [6.07, 6.45) is 0.687. The van der Waals surface area contributed by atoms with E-state index < -0.39 is 12.1 Å². The summed E-state index contributed by atoms with van der Waals surface area (Å²) in [5, 5.41) is 2.56. The molecule has 0 aliphatic rings. The van der Waals surface area contributed by atoms with E-state index in [1.165, 1.54) is 14.0 Å². The number of hydrogen-bond donors (Lipinski definition) is 1. The van der Waals surface area contributed by atoms with Gasteiger partial charge in [-0.1, -0.05) is 12.1 Å². The average Bonchev–Trinajstić information content (AvgIpc) is 2.44. The summed E-state index contributed by atoms with van der Waals surface area (Å²) in [6, 6.07) is 4.98. The van der Waals surface area contributed by atoms with Crippen molar-refractivity contribution in [1.29, 1.82) is 0 Å². The van der Waals surface area contributed by atoms with Gasteiger partial charge in [-0.15, -0.1) is 6.58 Å². The van der Waals surface area contributed by atoms with Gasteiger partial charge in [0, 0.05) is 6.54 Å². The Balaban J connectivity index is 2.71. The quantitative estimate of drug-likeness (QED) is 0.636. The standard InChI is InChI=1S/C15H19NO4/c1-5-8-16-14(17)11(3)20-15(18)12-7-6-10(2)13(9-12)19-4/h5-7,9,11H,1,8H2,2-4H3,(H,16,17)/t11-/m0/s1. The number of carbonyl (C=O) groups excluding carboxylic acids is 2. The van der Waals surface area contributed by atoms with Crippen LogP contribution in [0.3, 0.4) is 0 Å². The fourth-order valence-electron chi connectivity index (χ4n) is 1.55. The van der Waals surface area contributed by atoms with Crippen molar-refractivity contribution < 1.29 is 19.1 Å². The maximum atomic E-state index is 11.9. The molecule has 0 saturated heterocycles. The van der Waals surface area contributed by atoms with Crippen LogP contribution in [-0.4, -0.2) is 31.6 Å². The summed E-state index contributed by atoms with van der Waals surface area (Å²) in [7, 11) is 1.53. The Kier molecular flexibility index (Phi) is 5.77. The van der Waals surface area contributed by atoms with Crippen molar-refractivity contribution in [2.75, 3.05) is 13.7 Å². The number of benzene rings is 1. The third-order valence-corrected chi connectivity index (χ3v) is 2.72. The van der Waals surface area contributed by atoms with Crippen LogP contribution in [0.4, 0.5) is 0 Å². The van der Waals surface area contributed by atoms with E-state index in [0.717, 1.165) is 5.56 Å². The first-order chi connectivity index (χ1) is 9.49. The van der Waals surface area contributed by atoms with E-state index in [0.29, 0.717) is 17.9 Å². The highest BCUT2D eigenvalue weighted by Crippen LogP contribution is 2.19. The van der Waals surface area contributed by atoms with Gasteiger partial charge in [0.05, 0.1) is 12.7 Å². The first-order valence-corrected chi connectivity index (χ1v) is 6.23. The molecule has 0 unspecified atom stereocenters. The smallest absolute Gasteiger partial charge is 0.339 e. The predicted octanol–water partition coefficient (Wildman–Crippen LogP) is 1.85. The summed E-state index contributed by atoms with van der Waals surface area (Å²) in [5.41, 5.74) is 1.26. The minimum Gasteiger partial charge on any atom is -0.496 e. The number of methoxy groups -OCH3 is 1. The maximum absolute atomic E-state index is 11.9. The van der Waals surface area contributed by atoms with E-state index in [1.54, 1.807) is 24.3 Å². The Bertz CT molecular complexity index is 511. The lowest BCUT2D eigenvalue weighted by molar-refractivity contribution is -0.128. The summed E-state index contributed by atoms with van der Waals surface area (Å²) in [6.45, 7) is 7.21. The number of hydrogen-bond acceptors (Lipinski definition) is 4. The lowest BCUT2D eigenvalue weighted by atomic mass is 10.1. The maximum Gasteiger partial charge on any atom is 0.339 e. The minimum absolute atomic E-state index is 0.332. The van der Waals surface area contributed by atoms with Crippen LogP contribution in [-0.2, 0) is 9.53 Å². The Labute approximate surface area is 118 Å². The zero-order valence-corrected chi connectivity index (χ0v) is 11.9. The van der Waals surface area contributed by atoms with Crippen LogP contribution >= 0.6 is 0 Å². The fourth-order valence-corrected chi connectivity index (χ4v) is 1.55. The molecular weight excluding hydrogens is 258 g/mol. The third-order valence-electron chi connectivity index (χ3n) is 2.72. The molecule has 5 nitrogen and oxygen atoms in total. The molecule has 0 heterocycles. The van der Waals surface area contributed by atoms with Gasteiger partial charge in [-0.05, 0) is 31.5 Å². The number of esters is 1. The minimum atomic E-state index is -0.866. The molecule has 108 valence electrons. The van der Waals surface area contributed by atoms with Crippen molar-refractivity contribution in [3.05, 3.63) is 42.0 Å². The van der Waals surface area contributed by atoms with Gasteiger partial charge < -0.3 is 14.8 Å². The van der Waals surface area contributed by atoms with Gasteiger partial charge in [0.1, 0.15) is 5.75 Å². The molecule has 1 atom stereocenters. The molecule has 0 aliphatic heterocycles. The topological polar surface area (TPSA) is 64.6 Å². The molecule has 0 aromatic heterocycles. The second kappa shape index (κ2) is 7.33. The van der Waals surface area contributed by atoms with Crippen molar-refractivity contribution >= 4 is 11.9 Å². The zero-order valence-electron chi connectivity index (χ0n) is 11.9. The van der Waals surface area contributed by atoms with Crippen molar-refractivity contribution in [3.63, 3.8) is 0 Å². The van der Waals surface area contributed by atoms with Gasteiger partial charge in [-0.3, -0.25) is 4.79 Å². The highest BCUT2D eigenvalue weighted by Gasteiger charge is 2.18. The van der Waals surface area contributed by atoms with Crippen LogP contribution < -0.4 is 10.1 Å². The third kappa shape index (κ3) is 4.12. The molecule has 0 aliphatic carbocycles. The first-order valence-electron chi connectivity index (χ1n) is 6.23. The predicted molar refractivity (Wildman–Crippen MR) is 75.8 cm³/mol. The van der Waals surface area contributed by atoms with Crippen LogP contribution in [0.2, 0.25) is 0 Å². The van der Waals surface area contributed by atoms with E-state index in [-0.39, 0.29) is 5.91 Å². The van der Waals surface area contributed by atoms with Crippen LogP contribution in [0.5, 0.6) is 5.75 Å². The van der Waals surface area contributed by atoms with Crippen LogP contribution in [0.25, 0.3) is 0 Å². The van der Waals surface area contributed by atoms with E-state index in [2.05, 4.69) is 11.9 Å². The zero-order chi connectivity index (χ0) is 15.1. The summed E-state index contributed by atoms with van der Waals surface area (Å²) >= 11 is 0. The van der Waals surface area contributed by atoms with Crippen molar-refractivity contribution in [3.8, 4) is 5.75 Å². The second-order valence-electron chi connectivity index (χ2n) is 4.27. The Hall–Kier alpha value is -2.30. The number of amides is 1. The van der Waals surface area contributed by atoms with Crippen molar-refractivity contribution in [1.82, 2.24) is 5.32 Å². The van der Waals surface area contributed by atoms with Crippen molar-refractivity contribution in [2.45, 2.75) is 20.0 Å². The Morgan fingerprint density at radius 2 is 2.15 bits per heavy atom. The number of carbonyl (C=O) groups is 2. The summed E-state index contributed by atoms with van der Waals surface area (Å²) in [4.78, 5) is 23.5. The summed E-state index contributed by atoms with van der Waals surface area (Å²) in [5.74, 6) is -0.329. The molecule has 0 radical (unpaired) electrons. The van der Waals surface area contributed by atoms with Gasteiger partial charge in [0.25, 0.3) is 5.91 Å². The first kappa shape index (κ1) is 15.8. The number of rotatable bonds is 6. The summed E-state index contributed by atoms with van der Waals surface area (Å²) < 4.78 is 10.2. The lowest BCUT2D eigenvalue weighted by Gasteiger charge is -2.13. The SMILES string of the molecule is C=CCNC(=O)[C@H](C)OC(=O)c1ccc(C)c(OC)c1. The number of aryl methyl sites for hydroxylation is 1. The second-order valence-corrected chi connectivity index (χ2v) is 4.27. The van der Waals surface area contributed by atoms with Gasteiger partial charge in [-0.25, -0.2) is 4.79 Å². The molecule has 1 aromatic carbocycles. The van der Waals surface area contributed by atoms with E-state index in [9.17, 15) is 9.59 Å². The number of nitrogens with one attached hydrogen (secondary N) is 1. The average molecular weight is 277 g/mol. The van der Waals surface area contributed by atoms with Gasteiger partial charge >= 0.3 is 5.97 Å². The largest absolute Gasteiger partial charge is 0.496 e. The molecule has 0 saturated carbocycles.